The highest BCUT2D eigenvalue weighted by atomic mass is 16.3. The van der Waals surface area contributed by atoms with Gasteiger partial charge in [0.25, 0.3) is 0 Å². The first-order valence-electron chi connectivity index (χ1n) is 5.75. The highest BCUT2D eigenvalue weighted by molar-refractivity contribution is 4.81. The van der Waals surface area contributed by atoms with Crippen LogP contribution in [-0.2, 0) is 0 Å². The molecule has 2 N–H and O–H groups in total. The van der Waals surface area contributed by atoms with Crippen molar-refractivity contribution < 1.29 is 5.11 Å². The molecule has 1 saturated carbocycles. The Bertz CT molecular complexity index is 148. The molecular formula is C11H21NO. The molecule has 2 fully saturated rings. The lowest BCUT2D eigenvalue weighted by Crippen LogP contribution is -2.22. The van der Waals surface area contributed by atoms with Crippen molar-refractivity contribution in [3.8, 4) is 0 Å². The zero-order valence-electron chi connectivity index (χ0n) is 8.34. The molecule has 0 bridgehead atoms. The zero-order valence-corrected chi connectivity index (χ0v) is 8.34. The van der Waals surface area contributed by atoms with Crippen LogP contribution in [0.5, 0.6) is 0 Å². The molecule has 2 atom stereocenters. The van der Waals surface area contributed by atoms with E-state index in [1.54, 1.807) is 0 Å². The first kappa shape index (κ1) is 9.47. The molecule has 0 aromatic heterocycles. The van der Waals surface area contributed by atoms with Gasteiger partial charge in [0.05, 0.1) is 6.10 Å². The van der Waals surface area contributed by atoms with Gasteiger partial charge in [0.1, 0.15) is 0 Å². The lowest BCUT2D eigenvalue weighted by atomic mass is 9.91. The van der Waals surface area contributed by atoms with Gasteiger partial charge in [-0.1, -0.05) is 12.8 Å². The number of rotatable bonds is 3. The van der Waals surface area contributed by atoms with Crippen LogP contribution in [0.15, 0.2) is 0 Å². The average molecular weight is 183 g/mol. The quantitative estimate of drug-likeness (QED) is 0.695. The summed E-state index contributed by atoms with van der Waals surface area (Å²) in [6, 6.07) is 0. The van der Waals surface area contributed by atoms with E-state index >= 15 is 0 Å². The number of nitrogens with one attached hydrogen (secondary N) is 1. The Balaban J connectivity index is 1.74. The van der Waals surface area contributed by atoms with Gasteiger partial charge in [-0.3, -0.25) is 0 Å². The van der Waals surface area contributed by atoms with Crippen LogP contribution < -0.4 is 5.32 Å². The van der Waals surface area contributed by atoms with E-state index in [0.29, 0.717) is 5.92 Å². The summed E-state index contributed by atoms with van der Waals surface area (Å²) in [6.45, 7) is 2.25. The van der Waals surface area contributed by atoms with Gasteiger partial charge in [-0.25, -0.2) is 0 Å². The average Bonchev–Trinajstić information content (AvgIpc) is 2.87. The molecule has 76 valence electrons. The van der Waals surface area contributed by atoms with Crippen LogP contribution >= 0.6 is 0 Å². The van der Waals surface area contributed by atoms with Gasteiger partial charge in [0.2, 0.25) is 0 Å². The molecule has 0 amide bonds. The van der Waals surface area contributed by atoms with Crippen LogP contribution in [0.2, 0.25) is 0 Å². The Kier molecular flexibility index (Phi) is 3.23. The minimum atomic E-state index is -0.00704. The van der Waals surface area contributed by atoms with E-state index in [9.17, 15) is 5.11 Å². The third-order valence-electron chi connectivity index (χ3n) is 3.44. The molecule has 2 rings (SSSR count). The van der Waals surface area contributed by atoms with Gasteiger partial charge >= 0.3 is 0 Å². The van der Waals surface area contributed by atoms with Gasteiger partial charge < -0.3 is 10.4 Å². The van der Waals surface area contributed by atoms with Gasteiger partial charge in [0.15, 0.2) is 0 Å². The maximum absolute atomic E-state index is 9.98. The van der Waals surface area contributed by atoms with Crippen molar-refractivity contribution in [1.82, 2.24) is 5.32 Å². The van der Waals surface area contributed by atoms with Crippen LogP contribution in [-0.4, -0.2) is 24.3 Å². The molecular weight excluding hydrogens is 162 g/mol. The number of aliphatic hydroxyl groups is 1. The van der Waals surface area contributed by atoms with E-state index in [4.69, 9.17) is 0 Å². The standard InChI is InChI=1S/C11H21NO/c13-11(8-9-3-4-9)10-2-1-6-12-7-5-10/h9-13H,1-8H2. The second kappa shape index (κ2) is 4.43. The predicted octanol–water partition coefficient (Wildman–Crippen LogP) is 1.54. The Hall–Kier alpha value is -0.0800. The van der Waals surface area contributed by atoms with Crippen molar-refractivity contribution in [3.05, 3.63) is 0 Å². The molecule has 2 aliphatic rings. The fourth-order valence-corrected chi connectivity index (χ4v) is 2.32. The van der Waals surface area contributed by atoms with Crippen LogP contribution in [0.25, 0.3) is 0 Å². The topological polar surface area (TPSA) is 32.3 Å². The molecule has 1 saturated heterocycles. The van der Waals surface area contributed by atoms with Crippen molar-refractivity contribution in [2.75, 3.05) is 13.1 Å². The summed E-state index contributed by atoms with van der Waals surface area (Å²) in [5.41, 5.74) is 0. The van der Waals surface area contributed by atoms with Crippen molar-refractivity contribution in [2.45, 2.75) is 44.6 Å². The van der Waals surface area contributed by atoms with Crippen molar-refractivity contribution in [2.24, 2.45) is 11.8 Å². The summed E-state index contributed by atoms with van der Waals surface area (Å²) in [4.78, 5) is 0. The minimum Gasteiger partial charge on any atom is -0.393 e. The molecule has 0 spiro atoms. The van der Waals surface area contributed by atoms with Crippen molar-refractivity contribution in [1.29, 1.82) is 0 Å². The SMILES string of the molecule is OC(CC1CC1)C1CCCNCC1. The first-order chi connectivity index (χ1) is 6.36. The van der Waals surface area contributed by atoms with E-state index < -0.39 is 0 Å². The Morgan fingerprint density at radius 3 is 2.77 bits per heavy atom. The van der Waals surface area contributed by atoms with Crippen molar-refractivity contribution in [3.63, 3.8) is 0 Å². The normalized spacial score (nSPS) is 32.5. The third-order valence-corrected chi connectivity index (χ3v) is 3.44. The summed E-state index contributed by atoms with van der Waals surface area (Å²) < 4.78 is 0. The number of aliphatic hydroxyl groups excluding tert-OH is 1. The first-order valence-corrected chi connectivity index (χ1v) is 5.75. The number of hydrogen-bond acceptors (Lipinski definition) is 2. The molecule has 1 heterocycles. The van der Waals surface area contributed by atoms with Gasteiger partial charge in [-0.2, -0.15) is 0 Å². The van der Waals surface area contributed by atoms with E-state index in [2.05, 4.69) is 5.32 Å². The van der Waals surface area contributed by atoms with Crippen LogP contribution in [0, 0.1) is 11.8 Å². The molecule has 0 aromatic rings. The Morgan fingerprint density at radius 1 is 1.15 bits per heavy atom. The smallest absolute Gasteiger partial charge is 0.0571 e. The predicted molar refractivity (Wildman–Crippen MR) is 53.6 cm³/mol. The maximum Gasteiger partial charge on any atom is 0.0571 e. The van der Waals surface area contributed by atoms with Gasteiger partial charge in [-0.15, -0.1) is 0 Å². The van der Waals surface area contributed by atoms with E-state index in [1.807, 2.05) is 0 Å². The fraction of sp³-hybridized carbons (Fsp3) is 1.00. The Labute approximate surface area is 80.7 Å². The van der Waals surface area contributed by atoms with Gasteiger partial charge in [-0.05, 0) is 50.6 Å². The third kappa shape index (κ3) is 2.96. The summed E-state index contributed by atoms with van der Waals surface area (Å²) in [6.07, 6.45) is 7.43. The van der Waals surface area contributed by atoms with E-state index in [0.717, 1.165) is 25.4 Å². The lowest BCUT2D eigenvalue weighted by Gasteiger charge is -2.20. The van der Waals surface area contributed by atoms with Crippen LogP contribution in [0.1, 0.15) is 38.5 Å². The monoisotopic (exact) mass is 183 g/mol. The molecule has 1 aliphatic carbocycles. The second-order valence-electron chi connectivity index (χ2n) is 4.69. The van der Waals surface area contributed by atoms with E-state index in [-0.39, 0.29) is 6.10 Å². The molecule has 13 heavy (non-hydrogen) atoms. The second-order valence-corrected chi connectivity index (χ2v) is 4.69. The summed E-state index contributed by atoms with van der Waals surface area (Å²) >= 11 is 0. The molecule has 0 aromatic carbocycles. The van der Waals surface area contributed by atoms with E-state index in [1.165, 1.54) is 32.1 Å². The lowest BCUT2D eigenvalue weighted by molar-refractivity contribution is 0.0865. The molecule has 2 nitrogen and oxygen atoms in total. The molecule has 2 heteroatoms. The molecule has 1 aliphatic heterocycles. The summed E-state index contributed by atoms with van der Waals surface area (Å²) in [7, 11) is 0. The number of hydrogen-bond donors (Lipinski definition) is 2. The fourth-order valence-electron chi connectivity index (χ4n) is 2.32. The Morgan fingerprint density at radius 2 is 2.00 bits per heavy atom. The zero-order chi connectivity index (χ0) is 9.10. The van der Waals surface area contributed by atoms with Crippen LogP contribution in [0.3, 0.4) is 0 Å². The maximum atomic E-state index is 9.98. The molecule has 2 unspecified atom stereocenters. The highest BCUT2D eigenvalue weighted by Crippen LogP contribution is 2.36. The highest BCUT2D eigenvalue weighted by Gasteiger charge is 2.28. The molecule has 0 radical (unpaired) electrons. The summed E-state index contributed by atoms with van der Waals surface area (Å²) in [5, 5.41) is 13.4. The largest absolute Gasteiger partial charge is 0.393 e. The van der Waals surface area contributed by atoms with Crippen LogP contribution in [0.4, 0.5) is 0 Å². The van der Waals surface area contributed by atoms with Gasteiger partial charge in [0, 0.05) is 0 Å². The summed E-state index contributed by atoms with van der Waals surface area (Å²) in [5.74, 6) is 1.45. The minimum absolute atomic E-state index is 0.00704. The van der Waals surface area contributed by atoms with Crippen molar-refractivity contribution >= 4 is 0 Å².